The molecule has 1 aliphatic rings. The Morgan fingerprint density at radius 3 is 1.90 bits per heavy atom. The van der Waals surface area contributed by atoms with Gasteiger partial charge in [-0.2, -0.15) is 26.3 Å². The smallest absolute Gasteiger partial charge is 0.416 e. The number of benzene rings is 2. The number of carbonyl (C=O) groups is 1. The van der Waals surface area contributed by atoms with Crippen LogP contribution in [0.2, 0.25) is 0 Å². The first-order valence-electron chi connectivity index (χ1n) is 9.66. The molecule has 3 rings (SSSR count). The molecular weight excluding hydrogens is 424 g/mol. The molecule has 9 heteroatoms. The number of rotatable bonds is 5. The normalized spacial score (nSPS) is 21.3. The van der Waals surface area contributed by atoms with E-state index in [0.717, 1.165) is 24.3 Å². The fourth-order valence-corrected chi connectivity index (χ4v) is 3.95. The van der Waals surface area contributed by atoms with Crippen molar-refractivity contribution in [1.82, 2.24) is 4.90 Å². The van der Waals surface area contributed by atoms with Crippen molar-refractivity contribution in [3.05, 3.63) is 70.8 Å². The maximum Gasteiger partial charge on any atom is 0.416 e. The Morgan fingerprint density at radius 1 is 0.968 bits per heavy atom. The molecule has 0 amide bonds. The Balaban J connectivity index is 1.85. The molecule has 0 radical (unpaired) electrons. The van der Waals surface area contributed by atoms with E-state index in [2.05, 4.69) is 0 Å². The lowest BCUT2D eigenvalue weighted by Crippen LogP contribution is -2.26. The molecule has 1 heterocycles. The van der Waals surface area contributed by atoms with Crippen molar-refractivity contribution in [2.24, 2.45) is 11.8 Å². The van der Waals surface area contributed by atoms with Crippen molar-refractivity contribution < 1.29 is 36.2 Å². The summed E-state index contributed by atoms with van der Waals surface area (Å²) in [4.78, 5) is 13.3. The second-order valence-corrected chi connectivity index (χ2v) is 7.88. The van der Waals surface area contributed by atoms with Gasteiger partial charge in [0.1, 0.15) is 0 Å². The van der Waals surface area contributed by atoms with Crippen LogP contribution in [0.4, 0.5) is 26.3 Å². The fraction of sp³-hybridized carbons (Fsp3) is 0.409. The SMILES string of the molecule is CC(C(=O)O)C1CC(c2ccc(C(F)(F)F)cc2)N(Cc2ccc(C(F)(F)F)cc2)C1. The fourth-order valence-electron chi connectivity index (χ4n) is 3.95. The van der Waals surface area contributed by atoms with E-state index >= 15 is 0 Å². The van der Waals surface area contributed by atoms with Crippen LogP contribution in [0.25, 0.3) is 0 Å². The van der Waals surface area contributed by atoms with Crippen LogP contribution >= 0.6 is 0 Å². The minimum Gasteiger partial charge on any atom is -0.481 e. The van der Waals surface area contributed by atoms with Gasteiger partial charge in [-0.1, -0.05) is 31.2 Å². The lowest BCUT2D eigenvalue weighted by molar-refractivity contribution is -0.143. The molecule has 2 aromatic carbocycles. The average Bonchev–Trinajstić information content (AvgIpc) is 3.10. The third-order valence-electron chi connectivity index (χ3n) is 5.82. The van der Waals surface area contributed by atoms with Gasteiger partial charge in [-0.3, -0.25) is 9.69 Å². The highest BCUT2D eigenvalue weighted by Crippen LogP contribution is 2.41. The summed E-state index contributed by atoms with van der Waals surface area (Å²) >= 11 is 0. The summed E-state index contributed by atoms with van der Waals surface area (Å²) in [6.45, 7) is 2.21. The number of halogens is 6. The summed E-state index contributed by atoms with van der Waals surface area (Å²) in [5.41, 5.74) is -0.332. The number of hydrogen-bond donors (Lipinski definition) is 1. The van der Waals surface area contributed by atoms with Gasteiger partial charge in [0.05, 0.1) is 17.0 Å². The minimum absolute atomic E-state index is 0.237. The topological polar surface area (TPSA) is 40.5 Å². The maximum absolute atomic E-state index is 12.9. The standard InChI is InChI=1S/C22H21F6NO2/c1-13(20(30)31)16-10-19(15-4-8-18(9-5-15)22(26,27)28)29(12-16)11-14-2-6-17(7-3-14)21(23,24)25/h2-9,13,16,19H,10-12H2,1H3,(H,30,31). The first kappa shape index (κ1) is 23.1. The van der Waals surface area contributed by atoms with E-state index in [1.807, 2.05) is 4.90 Å². The second kappa shape index (κ2) is 8.53. The number of alkyl halides is 6. The zero-order valence-corrected chi connectivity index (χ0v) is 16.5. The Hall–Kier alpha value is -2.55. The number of hydrogen-bond acceptors (Lipinski definition) is 2. The Morgan fingerprint density at radius 2 is 1.45 bits per heavy atom. The Bertz CT molecular complexity index is 906. The lowest BCUT2D eigenvalue weighted by Gasteiger charge is -2.25. The van der Waals surface area contributed by atoms with Crippen LogP contribution in [0.1, 0.15) is 41.6 Å². The molecule has 0 aliphatic carbocycles. The highest BCUT2D eigenvalue weighted by Gasteiger charge is 2.39. The van der Waals surface area contributed by atoms with E-state index < -0.39 is 35.4 Å². The lowest BCUT2D eigenvalue weighted by atomic mass is 9.90. The van der Waals surface area contributed by atoms with Crippen molar-refractivity contribution in [2.75, 3.05) is 6.54 Å². The van der Waals surface area contributed by atoms with E-state index in [4.69, 9.17) is 0 Å². The van der Waals surface area contributed by atoms with Crippen LogP contribution in [-0.2, 0) is 23.7 Å². The molecule has 168 valence electrons. The molecule has 31 heavy (non-hydrogen) atoms. The van der Waals surface area contributed by atoms with Crippen LogP contribution in [-0.4, -0.2) is 22.5 Å². The van der Waals surface area contributed by atoms with Gasteiger partial charge in [0.2, 0.25) is 0 Å². The van der Waals surface area contributed by atoms with Crippen LogP contribution in [0.5, 0.6) is 0 Å². The predicted molar refractivity (Wildman–Crippen MR) is 101 cm³/mol. The van der Waals surface area contributed by atoms with Crippen LogP contribution in [0.3, 0.4) is 0 Å². The monoisotopic (exact) mass is 445 g/mol. The molecule has 3 atom stereocenters. The number of aliphatic carboxylic acids is 1. The first-order valence-corrected chi connectivity index (χ1v) is 9.66. The molecule has 2 aromatic rings. The second-order valence-electron chi connectivity index (χ2n) is 7.88. The number of nitrogens with zero attached hydrogens (tertiary/aromatic N) is 1. The highest BCUT2D eigenvalue weighted by atomic mass is 19.4. The molecular formula is C22H21F6NO2. The number of carboxylic acid groups (broad SMARTS) is 1. The minimum atomic E-state index is -4.46. The van der Waals surface area contributed by atoms with Crippen molar-refractivity contribution >= 4 is 5.97 Å². The highest BCUT2D eigenvalue weighted by molar-refractivity contribution is 5.70. The van der Waals surface area contributed by atoms with Gasteiger partial charge in [0, 0.05) is 19.1 Å². The van der Waals surface area contributed by atoms with Gasteiger partial charge in [0.25, 0.3) is 0 Å². The summed E-state index contributed by atoms with van der Waals surface area (Å²) < 4.78 is 77.0. The third-order valence-corrected chi connectivity index (χ3v) is 5.82. The molecule has 0 bridgehead atoms. The molecule has 1 N–H and O–H groups in total. The molecule has 0 aromatic heterocycles. The Kier molecular flexibility index (Phi) is 6.36. The third kappa shape index (κ3) is 5.39. The average molecular weight is 445 g/mol. The largest absolute Gasteiger partial charge is 0.481 e. The number of carboxylic acids is 1. The van der Waals surface area contributed by atoms with Gasteiger partial charge in [-0.25, -0.2) is 0 Å². The molecule has 0 spiro atoms. The zero-order valence-electron chi connectivity index (χ0n) is 16.5. The van der Waals surface area contributed by atoms with E-state index in [1.54, 1.807) is 6.92 Å². The van der Waals surface area contributed by atoms with E-state index in [1.165, 1.54) is 24.3 Å². The van der Waals surface area contributed by atoms with Crippen LogP contribution < -0.4 is 0 Å². The van der Waals surface area contributed by atoms with Gasteiger partial charge < -0.3 is 5.11 Å². The summed E-state index contributed by atoms with van der Waals surface area (Å²) in [5, 5.41) is 9.36. The molecule has 3 nitrogen and oxygen atoms in total. The van der Waals surface area contributed by atoms with Crippen LogP contribution in [0, 0.1) is 11.8 Å². The summed E-state index contributed by atoms with van der Waals surface area (Å²) in [6.07, 6.45) is -8.48. The quantitative estimate of drug-likeness (QED) is 0.574. The van der Waals surface area contributed by atoms with Gasteiger partial charge in [0.15, 0.2) is 0 Å². The van der Waals surface area contributed by atoms with Gasteiger partial charge in [-0.05, 0) is 47.7 Å². The molecule has 3 unspecified atom stereocenters. The van der Waals surface area contributed by atoms with Gasteiger partial charge >= 0.3 is 18.3 Å². The van der Waals surface area contributed by atoms with E-state index in [-0.39, 0.29) is 18.5 Å². The predicted octanol–water partition coefficient (Wildman–Crippen LogP) is 6.01. The summed E-state index contributed by atoms with van der Waals surface area (Å²) in [5.74, 6) is -1.86. The summed E-state index contributed by atoms with van der Waals surface area (Å²) in [6, 6.07) is 9.07. The van der Waals surface area contributed by atoms with Gasteiger partial charge in [-0.15, -0.1) is 0 Å². The number of likely N-dealkylation sites (tertiary alicyclic amines) is 1. The van der Waals surface area contributed by atoms with Crippen LogP contribution in [0.15, 0.2) is 48.5 Å². The summed E-state index contributed by atoms with van der Waals surface area (Å²) in [7, 11) is 0. The van der Waals surface area contributed by atoms with Crippen molar-refractivity contribution in [3.63, 3.8) is 0 Å². The van der Waals surface area contributed by atoms with Crippen molar-refractivity contribution in [3.8, 4) is 0 Å². The first-order chi connectivity index (χ1) is 14.4. The van der Waals surface area contributed by atoms with Crippen molar-refractivity contribution in [1.29, 1.82) is 0 Å². The maximum atomic E-state index is 12.9. The van der Waals surface area contributed by atoms with Crippen molar-refractivity contribution in [2.45, 2.75) is 38.3 Å². The molecule has 1 saturated heterocycles. The molecule has 1 fully saturated rings. The molecule has 1 aliphatic heterocycles. The molecule has 0 saturated carbocycles. The van der Waals surface area contributed by atoms with E-state index in [0.29, 0.717) is 24.1 Å². The Labute approximate surface area is 175 Å². The van der Waals surface area contributed by atoms with E-state index in [9.17, 15) is 36.2 Å². The zero-order chi connectivity index (χ0) is 23.0.